The molecule has 0 aliphatic carbocycles. The molecule has 0 bridgehead atoms. The summed E-state index contributed by atoms with van der Waals surface area (Å²) in [5.41, 5.74) is 0.520. The van der Waals surface area contributed by atoms with Crippen molar-refractivity contribution in [2.75, 3.05) is 6.54 Å². The maximum atomic E-state index is 7.17. The first kappa shape index (κ1) is 8.08. The van der Waals surface area contributed by atoms with Gasteiger partial charge in [-0.05, 0) is 6.92 Å². The average Bonchev–Trinajstić information content (AvgIpc) is 1.85. The molecule has 2 nitrogen and oxygen atoms in total. The second kappa shape index (κ2) is 5.22. The second-order valence-electron chi connectivity index (χ2n) is 1.65. The molecule has 0 spiro atoms. The van der Waals surface area contributed by atoms with Gasteiger partial charge in [0.25, 0.3) is 0 Å². The summed E-state index contributed by atoms with van der Waals surface area (Å²) in [6.45, 7) is 6.20. The van der Waals surface area contributed by atoms with Gasteiger partial charge in [-0.1, -0.05) is 6.08 Å². The van der Waals surface area contributed by atoms with Crippen LogP contribution in [-0.4, -0.2) is 18.5 Å². The van der Waals surface area contributed by atoms with Gasteiger partial charge in [0.05, 0.1) is 5.71 Å². The van der Waals surface area contributed by atoms with E-state index >= 15 is 0 Å². The minimum absolute atomic E-state index is 0.520. The summed E-state index contributed by atoms with van der Waals surface area (Å²) >= 11 is 0. The number of aliphatic imine (C=N–C) groups is 1. The van der Waals surface area contributed by atoms with E-state index in [2.05, 4.69) is 11.6 Å². The molecular weight excluding hydrogens is 112 g/mol. The zero-order chi connectivity index (χ0) is 7.11. The van der Waals surface area contributed by atoms with Gasteiger partial charge in [-0.2, -0.15) is 0 Å². The minimum Gasteiger partial charge on any atom is -0.303 e. The van der Waals surface area contributed by atoms with Crippen molar-refractivity contribution in [1.82, 2.24) is 0 Å². The lowest BCUT2D eigenvalue weighted by Crippen LogP contribution is -1.94. The van der Waals surface area contributed by atoms with E-state index in [1.807, 2.05) is 6.92 Å². The van der Waals surface area contributed by atoms with Crippen LogP contribution < -0.4 is 0 Å². The zero-order valence-electron chi connectivity index (χ0n) is 5.72. The Morgan fingerprint density at radius 1 is 1.78 bits per heavy atom. The van der Waals surface area contributed by atoms with Crippen LogP contribution in [0.1, 0.15) is 13.3 Å². The fraction of sp³-hybridized carbons (Fsp3) is 0.429. The predicted octanol–water partition coefficient (Wildman–Crippen LogP) is 1.67. The predicted molar refractivity (Wildman–Crippen MR) is 41.6 cm³/mol. The highest BCUT2D eigenvalue weighted by molar-refractivity contribution is 6.29. The van der Waals surface area contributed by atoms with Gasteiger partial charge in [-0.15, -0.1) is 6.58 Å². The van der Waals surface area contributed by atoms with Crippen LogP contribution in [-0.2, 0) is 0 Å². The van der Waals surface area contributed by atoms with Crippen LogP contribution in [0.25, 0.3) is 0 Å². The number of allylic oxidation sites excluding steroid dienone is 1. The summed E-state index contributed by atoms with van der Waals surface area (Å²) in [4.78, 5) is 3.89. The van der Waals surface area contributed by atoms with Crippen molar-refractivity contribution in [2.24, 2.45) is 4.99 Å². The molecule has 0 aromatic carbocycles. The Morgan fingerprint density at radius 2 is 2.44 bits per heavy atom. The van der Waals surface area contributed by atoms with Crippen LogP contribution in [0.5, 0.6) is 0 Å². The van der Waals surface area contributed by atoms with Gasteiger partial charge in [-0.25, -0.2) is 0 Å². The van der Waals surface area contributed by atoms with Crippen molar-refractivity contribution in [3.05, 3.63) is 12.7 Å². The highest BCUT2D eigenvalue weighted by atomic mass is 14.7. The molecule has 0 heterocycles. The summed E-state index contributed by atoms with van der Waals surface area (Å²) in [6, 6.07) is 0. The summed E-state index contributed by atoms with van der Waals surface area (Å²) < 4.78 is 0. The van der Waals surface area contributed by atoms with E-state index in [0.29, 0.717) is 12.1 Å². The van der Waals surface area contributed by atoms with E-state index < -0.39 is 0 Å². The van der Waals surface area contributed by atoms with Crippen molar-refractivity contribution in [1.29, 1.82) is 5.41 Å². The fourth-order valence-electron chi connectivity index (χ4n) is 0.410. The number of rotatable bonds is 4. The molecule has 50 valence electrons. The van der Waals surface area contributed by atoms with Crippen LogP contribution in [0, 0.1) is 5.41 Å². The third-order valence-corrected chi connectivity index (χ3v) is 0.794. The SMILES string of the molecule is C=CCC(=N)C=NCC. The molecule has 0 saturated heterocycles. The molecule has 0 atom stereocenters. The van der Waals surface area contributed by atoms with Crippen molar-refractivity contribution in [2.45, 2.75) is 13.3 Å². The number of hydrogen-bond acceptors (Lipinski definition) is 2. The number of hydrogen-bond donors (Lipinski definition) is 1. The quantitative estimate of drug-likeness (QED) is 0.437. The Labute approximate surface area is 55.8 Å². The first-order valence-corrected chi connectivity index (χ1v) is 2.99. The smallest absolute Gasteiger partial charge is 0.0529 e. The second-order valence-corrected chi connectivity index (χ2v) is 1.65. The standard InChI is InChI=1S/C7H12N2/c1-3-5-7(8)6-9-4-2/h3,6,8H,1,4-5H2,2H3. The van der Waals surface area contributed by atoms with Gasteiger partial charge in [-0.3, -0.25) is 4.99 Å². The topological polar surface area (TPSA) is 36.2 Å². The fourth-order valence-corrected chi connectivity index (χ4v) is 0.410. The van der Waals surface area contributed by atoms with Gasteiger partial charge >= 0.3 is 0 Å². The van der Waals surface area contributed by atoms with Crippen LogP contribution in [0.2, 0.25) is 0 Å². The molecule has 2 heteroatoms. The Kier molecular flexibility index (Phi) is 4.69. The van der Waals surface area contributed by atoms with Crippen LogP contribution >= 0.6 is 0 Å². The molecule has 0 aromatic rings. The molecule has 1 N–H and O–H groups in total. The van der Waals surface area contributed by atoms with Crippen LogP contribution in [0.3, 0.4) is 0 Å². The third kappa shape index (κ3) is 4.94. The molecular formula is C7H12N2. The van der Waals surface area contributed by atoms with Gasteiger partial charge in [0.1, 0.15) is 0 Å². The largest absolute Gasteiger partial charge is 0.303 e. The third-order valence-electron chi connectivity index (χ3n) is 0.794. The Morgan fingerprint density at radius 3 is 2.89 bits per heavy atom. The molecule has 0 fully saturated rings. The van der Waals surface area contributed by atoms with E-state index in [-0.39, 0.29) is 0 Å². The Hall–Kier alpha value is -0.920. The number of nitrogens with one attached hydrogen (secondary N) is 1. The Balaban J connectivity index is 3.49. The molecule has 0 aliphatic heterocycles. The van der Waals surface area contributed by atoms with E-state index in [9.17, 15) is 0 Å². The lowest BCUT2D eigenvalue weighted by molar-refractivity contribution is 1.14. The van der Waals surface area contributed by atoms with E-state index in [4.69, 9.17) is 5.41 Å². The van der Waals surface area contributed by atoms with Crippen molar-refractivity contribution in [3.8, 4) is 0 Å². The van der Waals surface area contributed by atoms with Gasteiger partial charge in [0.15, 0.2) is 0 Å². The van der Waals surface area contributed by atoms with E-state index in [0.717, 1.165) is 6.54 Å². The number of nitrogens with zero attached hydrogens (tertiary/aromatic N) is 1. The lowest BCUT2D eigenvalue weighted by atomic mass is 10.3. The maximum Gasteiger partial charge on any atom is 0.0529 e. The van der Waals surface area contributed by atoms with Gasteiger partial charge < -0.3 is 5.41 Å². The molecule has 0 saturated carbocycles. The summed E-state index contributed by atoms with van der Waals surface area (Å²) in [6.07, 6.45) is 3.88. The average molecular weight is 124 g/mol. The van der Waals surface area contributed by atoms with Crippen LogP contribution in [0.4, 0.5) is 0 Å². The van der Waals surface area contributed by atoms with Crippen LogP contribution in [0.15, 0.2) is 17.6 Å². The molecule has 0 aromatic heterocycles. The van der Waals surface area contributed by atoms with Crippen molar-refractivity contribution in [3.63, 3.8) is 0 Å². The monoisotopic (exact) mass is 124 g/mol. The highest BCUT2D eigenvalue weighted by Gasteiger charge is 1.83. The highest BCUT2D eigenvalue weighted by Crippen LogP contribution is 1.80. The molecule has 9 heavy (non-hydrogen) atoms. The lowest BCUT2D eigenvalue weighted by Gasteiger charge is -1.86. The normalized spacial score (nSPS) is 9.89. The zero-order valence-corrected chi connectivity index (χ0v) is 5.72. The first-order chi connectivity index (χ1) is 4.31. The summed E-state index contributed by atoms with van der Waals surface area (Å²) in [7, 11) is 0. The summed E-state index contributed by atoms with van der Waals surface area (Å²) in [5, 5.41) is 7.17. The molecule has 0 radical (unpaired) electrons. The van der Waals surface area contributed by atoms with Gasteiger partial charge in [0.2, 0.25) is 0 Å². The molecule has 0 rings (SSSR count). The van der Waals surface area contributed by atoms with E-state index in [1.165, 1.54) is 0 Å². The molecule has 0 aliphatic rings. The minimum atomic E-state index is 0.520. The van der Waals surface area contributed by atoms with Crippen molar-refractivity contribution >= 4 is 11.9 Å². The Bertz CT molecular complexity index is 125. The maximum absolute atomic E-state index is 7.17. The van der Waals surface area contributed by atoms with Crippen molar-refractivity contribution < 1.29 is 0 Å². The summed E-state index contributed by atoms with van der Waals surface area (Å²) in [5.74, 6) is 0. The van der Waals surface area contributed by atoms with Gasteiger partial charge in [0, 0.05) is 19.2 Å². The van der Waals surface area contributed by atoms with E-state index in [1.54, 1.807) is 12.3 Å². The first-order valence-electron chi connectivity index (χ1n) is 2.99. The molecule has 0 unspecified atom stereocenters. The molecule has 0 amide bonds.